The first-order chi connectivity index (χ1) is 8.65. The first kappa shape index (κ1) is 14.0. The molecule has 0 aromatic carbocycles. The van der Waals surface area contributed by atoms with Gasteiger partial charge in [0.2, 0.25) is 0 Å². The van der Waals surface area contributed by atoms with E-state index >= 15 is 0 Å². The van der Waals surface area contributed by atoms with Crippen molar-refractivity contribution in [3.8, 4) is 0 Å². The van der Waals surface area contributed by atoms with Crippen molar-refractivity contribution in [2.24, 2.45) is 11.8 Å². The molecule has 2 fully saturated rings. The highest BCUT2D eigenvalue weighted by atomic mass is 16.1. The van der Waals surface area contributed by atoms with Crippen LogP contribution in [0.4, 0.5) is 0 Å². The van der Waals surface area contributed by atoms with Gasteiger partial charge in [-0.25, -0.2) is 0 Å². The van der Waals surface area contributed by atoms with Crippen molar-refractivity contribution in [1.82, 2.24) is 9.80 Å². The van der Waals surface area contributed by atoms with Crippen LogP contribution in [0, 0.1) is 11.8 Å². The van der Waals surface area contributed by atoms with Crippen molar-refractivity contribution in [3.63, 3.8) is 0 Å². The van der Waals surface area contributed by atoms with Crippen molar-refractivity contribution in [2.75, 3.05) is 40.3 Å². The van der Waals surface area contributed by atoms with Crippen LogP contribution in [0.15, 0.2) is 0 Å². The summed E-state index contributed by atoms with van der Waals surface area (Å²) in [6, 6.07) is 0. The lowest BCUT2D eigenvalue weighted by Crippen LogP contribution is -2.36. The van der Waals surface area contributed by atoms with Gasteiger partial charge in [0.05, 0.1) is 0 Å². The van der Waals surface area contributed by atoms with Crippen molar-refractivity contribution in [3.05, 3.63) is 0 Å². The molecular formula is C15H28N2O. The maximum atomic E-state index is 11.6. The molecule has 0 aromatic heterocycles. The molecule has 1 heterocycles. The molecule has 3 heteroatoms. The van der Waals surface area contributed by atoms with Gasteiger partial charge in [0, 0.05) is 18.9 Å². The Morgan fingerprint density at radius 2 is 2.00 bits per heavy atom. The van der Waals surface area contributed by atoms with Crippen LogP contribution in [-0.2, 0) is 4.79 Å². The lowest BCUT2D eigenvalue weighted by molar-refractivity contribution is -0.120. The molecule has 0 spiro atoms. The predicted molar refractivity (Wildman–Crippen MR) is 74.7 cm³/mol. The third-order valence-corrected chi connectivity index (χ3v) is 4.70. The summed E-state index contributed by atoms with van der Waals surface area (Å²) in [4.78, 5) is 16.5. The van der Waals surface area contributed by atoms with E-state index in [4.69, 9.17) is 0 Å². The Hall–Kier alpha value is -0.410. The summed E-state index contributed by atoms with van der Waals surface area (Å²) in [6.07, 6.45) is 6.86. The Labute approximate surface area is 112 Å². The molecule has 0 N–H and O–H groups in total. The van der Waals surface area contributed by atoms with Crippen LogP contribution in [0.25, 0.3) is 0 Å². The van der Waals surface area contributed by atoms with E-state index in [2.05, 4.69) is 23.9 Å². The Morgan fingerprint density at radius 1 is 1.28 bits per heavy atom. The maximum absolute atomic E-state index is 11.6. The highest BCUT2D eigenvalue weighted by Gasteiger charge is 2.24. The molecule has 2 aliphatic rings. The average Bonchev–Trinajstić information content (AvgIpc) is 2.75. The van der Waals surface area contributed by atoms with E-state index in [9.17, 15) is 4.79 Å². The molecule has 1 unspecified atom stereocenters. The van der Waals surface area contributed by atoms with Gasteiger partial charge >= 0.3 is 0 Å². The number of nitrogens with zero attached hydrogens (tertiary/aromatic N) is 2. The van der Waals surface area contributed by atoms with E-state index in [0.29, 0.717) is 11.7 Å². The fourth-order valence-corrected chi connectivity index (χ4v) is 3.35. The highest BCUT2D eigenvalue weighted by Crippen LogP contribution is 2.24. The fraction of sp³-hybridized carbons (Fsp3) is 0.933. The van der Waals surface area contributed by atoms with Crippen LogP contribution in [0.3, 0.4) is 0 Å². The molecule has 0 amide bonds. The van der Waals surface area contributed by atoms with Crippen LogP contribution in [0.2, 0.25) is 0 Å². The molecular weight excluding hydrogens is 224 g/mol. The number of carbonyl (C=O) groups is 1. The number of carbonyl (C=O) groups excluding carboxylic acids is 1. The molecule has 1 aliphatic carbocycles. The van der Waals surface area contributed by atoms with E-state index in [1.807, 2.05) is 0 Å². The molecule has 1 saturated heterocycles. The molecule has 0 radical (unpaired) electrons. The minimum absolute atomic E-state index is 0.380. The number of hydrogen-bond acceptors (Lipinski definition) is 3. The molecule has 0 aromatic rings. The number of likely N-dealkylation sites (tertiary alicyclic amines) is 1. The summed E-state index contributed by atoms with van der Waals surface area (Å²) < 4.78 is 0. The van der Waals surface area contributed by atoms with E-state index in [1.54, 1.807) is 0 Å². The second-order valence-electron chi connectivity index (χ2n) is 6.35. The summed E-state index contributed by atoms with van der Waals surface area (Å²) in [5, 5.41) is 0. The van der Waals surface area contributed by atoms with Crippen molar-refractivity contribution in [1.29, 1.82) is 0 Å². The zero-order valence-corrected chi connectivity index (χ0v) is 12.0. The minimum atomic E-state index is 0.380. The first-order valence-electron chi connectivity index (χ1n) is 7.55. The number of piperidine rings is 1. The third-order valence-electron chi connectivity index (χ3n) is 4.70. The molecule has 1 atom stereocenters. The van der Waals surface area contributed by atoms with Gasteiger partial charge in [-0.05, 0) is 71.8 Å². The number of rotatable bonds is 5. The summed E-state index contributed by atoms with van der Waals surface area (Å²) >= 11 is 0. The topological polar surface area (TPSA) is 23.6 Å². The van der Waals surface area contributed by atoms with Crippen molar-refractivity contribution in [2.45, 2.75) is 38.5 Å². The molecule has 3 nitrogen and oxygen atoms in total. The Kier molecular flexibility index (Phi) is 5.19. The lowest BCUT2D eigenvalue weighted by atomic mass is 9.96. The number of ketones is 1. The van der Waals surface area contributed by atoms with Gasteiger partial charge in [-0.3, -0.25) is 4.79 Å². The molecule has 2 rings (SSSR count). The summed E-state index contributed by atoms with van der Waals surface area (Å²) in [6.45, 7) is 4.82. The zero-order chi connectivity index (χ0) is 13.0. The average molecular weight is 252 g/mol. The number of hydrogen-bond donors (Lipinski definition) is 0. The summed E-state index contributed by atoms with van der Waals surface area (Å²) in [5.41, 5.74) is 0. The molecule has 1 aliphatic heterocycles. The Morgan fingerprint density at radius 3 is 2.61 bits per heavy atom. The quantitative estimate of drug-likeness (QED) is 0.748. The first-order valence-corrected chi connectivity index (χ1v) is 7.55. The van der Waals surface area contributed by atoms with Crippen LogP contribution >= 0.6 is 0 Å². The van der Waals surface area contributed by atoms with Crippen molar-refractivity contribution < 1.29 is 4.79 Å². The van der Waals surface area contributed by atoms with Gasteiger partial charge in [-0.2, -0.15) is 0 Å². The van der Waals surface area contributed by atoms with Crippen LogP contribution < -0.4 is 0 Å². The second-order valence-corrected chi connectivity index (χ2v) is 6.35. The fourth-order valence-electron chi connectivity index (χ4n) is 3.35. The Bertz CT molecular complexity index is 272. The lowest BCUT2D eigenvalue weighted by Gasteiger charge is -2.31. The van der Waals surface area contributed by atoms with E-state index in [-0.39, 0.29) is 0 Å². The van der Waals surface area contributed by atoms with Gasteiger partial charge in [0.1, 0.15) is 5.78 Å². The highest BCUT2D eigenvalue weighted by molar-refractivity contribution is 5.82. The minimum Gasteiger partial charge on any atom is -0.306 e. The predicted octanol–water partition coefficient (Wildman–Crippen LogP) is 2.02. The van der Waals surface area contributed by atoms with Gasteiger partial charge < -0.3 is 9.80 Å². The van der Waals surface area contributed by atoms with E-state index in [0.717, 1.165) is 38.1 Å². The van der Waals surface area contributed by atoms with Crippen LogP contribution in [-0.4, -0.2) is 55.9 Å². The van der Waals surface area contributed by atoms with Gasteiger partial charge in [0.15, 0.2) is 0 Å². The van der Waals surface area contributed by atoms with Gasteiger partial charge in [-0.15, -0.1) is 0 Å². The van der Waals surface area contributed by atoms with Crippen molar-refractivity contribution >= 4 is 5.78 Å². The maximum Gasteiger partial charge on any atom is 0.136 e. The zero-order valence-electron chi connectivity index (χ0n) is 12.0. The van der Waals surface area contributed by atoms with E-state index < -0.39 is 0 Å². The summed E-state index contributed by atoms with van der Waals surface area (Å²) in [7, 11) is 4.43. The SMILES string of the molecule is CN1CCC(CN(C)CCC2CCCC2=O)CC1. The van der Waals surface area contributed by atoms with Crippen LogP contribution in [0.5, 0.6) is 0 Å². The normalized spacial score (nSPS) is 27.3. The second kappa shape index (κ2) is 6.67. The standard InChI is InChI=1S/C15H28N2O/c1-16-9-6-13(7-10-16)12-17(2)11-8-14-4-3-5-15(14)18/h13-14H,3-12H2,1-2H3. The third kappa shape index (κ3) is 4.06. The monoisotopic (exact) mass is 252 g/mol. The van der Waals surface area contributed by atoms with Gasteiger partial charge in [-0.1, -0.05) is 0 Å². The molecule has 104 valence electrons. The Balaban J connectivity index is 1.62. The van der Waals surface area contributed by atoms with Crippen LogP contribution in [0.1, 0.15) is 38.5 Å². The molecule has 1 saturated carbocycles. The summed E-state index contributed by atoms with van der Waals surface area (Å²) in [5.74, 6) is 1.76. The van der Waals surface area contributed by atoms with E-state index in [1.165, 1.54) is 32.5 Å². The smallest absolute Gasteiger partial charge is 0.136 e. The number of Topliss-reactive ketones (excluding diaryl/α,β-unsaturated/α-hetero) is 1. The largest absolute Gasteiger partial charge is 0.306 e. The van der Waals surface area contributed by atoms with Gasteiger partial charge in [0.25, 0.3) is 0 Å². The molecule has 0 bridgehead atoms. The molecule has 18 heavy (non-hydrogen) atoms.